The van der Waals surface area contributed by atoms with E-state index in [2.05, 4.69) is 22.9 Å². The molecular formula is C19H37BrO3S. The van der Waals surface area contributed by atoms with Crippen molar-refractivity contribution in [3.8, 4) is 0 Å². The van der Waals surface area contributed by atoms with Gasteiger partial charge >= 0.3 is 0 Å². The maximum absolute atomic E-state index is 11.7. The molecule has 5 heteroatoms. The van der Waals surface area contributed by atoms with Gasteiger partial charge in [-0.05, 0) is 19.3 Å². The maximum Gasteiger partial charge on any atom is 0.150 e. The molecule has 0 saturated carbocycles. The maximum atomic E-state index is 11.7. The van der Waals surface area contributed by atoms with Gasteiger partial charge in [0.25, 0.3) is 0 Å². The zero-order valence-corrected chi connectivity index (χ0v) is 17.9. The average molecular weight is 425 g/mol. The molecule has 0 amide bonds. The molecule has 144 valence electrons. The summed E-state index contributed by atoms with van der Waals surface area (Å²) in [5.74, 6) is 0.717. The van der Waals surface area contributed by atoms with Crippen LogP contribution >= 0.6 is 15.9 Å². The van der Waals surface area contributed by atoms with Gasteiger partial charge in [-0.2, -0.15) is 0 Å². The van der Waals surface area contributed by atoms with E-state index >= 15 is 0 Å². The minimum absolute atomic E-state index is 0.338. The third kappa shape index (κ3) is 11.1. The smallest absolute Gasteiger partial charge is 0.150 e. The molecule has 0 radical (unpaired) electrons. The predicted molar refractivity (Wildman–Crippen MR) is 107 cm³/mol. The van der Waals surface area contributed by atoms with Crippen molar-refractivity contribution in [1.82, 2.24) is 0 Å². The van der Waals surface area contributed by atoms with Crippen LogP contribution in [0.4, 0.5) is 0 Å². The molecule has 1 fully saturated rings. The van der Waals surface area contributed by atoms with Gasteiger partial charge in [-0.3, -0.25) is 0 Å². The number of sulfone groups is 1. The van der Waals surface area contributed by atoms with E-state index in [1.165, 1.54) is 57.8 Å². The number of unbranched alkanes of at least 4 members (excludes halogenated alkanes) is 9. The molecule has 0 N–H and O–H groups in total. The highest BCUT2D eigenvalue weighted by atomic mass is 79.9. The second-order valence-electron chi connectivity index (χ2n) is 7.78. The lowest BCUT2D eigenvalue weighted by atomic mass is 9.83. The first kappa shape index (κ1) is 22.4. The van der Waals surface area contributed by atoms with Gasteiger partial charge in [0.05, 0.1) is 24.7 Å². The first-order valence-corrected chi connectivity index (χ1v) is 12.8. The first-order chi connectivity index (χ1) is 11.5. The number of ether oxygens (including phenoxy) is 1. The molecule has 0 spiro atoms. The van der Waals surface area contributed by atoms with E-state index in [-0.39, 0.29) is 0 Å². The zero-order chi connectivity index (χ0) is 17.7. The quantitative estimate of drug-likeness (QED) is 0.242. The predicted octanol–water partition coefficient (Wildman–Crippen LogP) is 5.51. The number of hydrogen-bond acceptors (Lipinski definition) is 3. The van der Waals surface area contributed by atoms with E-state index in [9.17, 15) is 8.42 Å². The lowest BCUT2D eigenvalue weighted by molar-refractivity contribution is -0.106. The number of halogens is 1. The third-order valence-electron chi connectivity index (χ3n) is 4.98. The van der Waals surface area contributed by atoms with Gasteiger partial charge < -0.3 is 4.74 Å². The van der Waals surface area contributed by atoms with E-state index in [4.69, 9.17) is 4.74 Å². The Labute approximate surface area is 158 Å². The van der Waals surface area contributed by atoms with Gasteiger partial charge in [0.1, 0.15) is 9.84 Å². The molecule has 0 unspecified atom stereocenters. The average Bonchev–Trinajstić information content (AvgIpc) is 2.52. The highest BCUT2D eigenvalue weighted by molar-refractivity contribution is 9.09. The van der Waals surface area contributed by atoms with Crippen molar-refractivity contribution in [3.05, 3.63) is 0 Å². The van der Waals surface area contributed by atoms with Crippen LogP contribution in [0.25, 0.3) is 0 Å². The molecule has 3 nitrogen and oxygen atoms in total. The third-order valence-corrected chi connectivity index (χ3v) is 7.36. The normalized spacial score (nSPS) is 16.9. The van der Waals surface area contributed by atoms with Gasteiger partial charge in [-0.15, -0.1) is 0 Å². The van der Waals surface area contributed by atoms with Crippen LogP contribution in [0.1, 0.15) is 84.0 Å². The number of hydrogen-bond donors (Lipinski definition) is 0. The fourth-order valence-corrected chi connectivity index (χ4v) is 5.34. The van der Waals surface area contributed by atoms with Crippen molar-refractivity contribution in [3.63, 3.8) is 0 Å². The van der Waals surface area contributed by atoms with E-state index in [0.717, 1.165) is 37.8 Å². The molecule has 1 aliphatic rings. The molecule has 0 aromatic rings. The first-order valence-electron chi connectivity index (χ1n) is 9.82. The monoisotopic (exact) mass is 424 g/mol. The molecular weight excluding hydrogens is 388 g/mol. The van der Waals surface area contributed by atoms with Crippen LogP contribution in [-0.2, 0) is 14.6 Å². The summed E-state index contributed by atoms with van der Waals surface area (Å²) < 4.78 is 28.7. The SMILES string of the molecule is CC1(CCCCCCCCCCCCS(=O)(=O)CCCBr)COC1. The Bertz CT molecular complexity index is 405. The summed E-state index contributed by atoms with van der Waals surface area (Å²) in [6.07, 6.45) is 14.5. The van der Waals surface area contributed by atoms with Crippen LogP contribution in [0, 0.1) is 5.41 Å². The molecule has 0 atom stereocenters. The molecule has 1 aliphatic heterocycles. The fourth-order valence-electron chi connectivity index (χ4n) is 3.26. The van der Waals surface area contributed by atoms with E-state index in [0.29, 0.717) is 16.9 Å². The number of rotatable bonds is 16. The molecule has 0 aromatic carbocycles. The Morgan fingerprint density at radius 3 is 1.71 bits per heavy atom. The number of alkyl halides is 1. The molecule has 24 heavy (non-hydrogen) atoms. The summed E-state index contributed by atoms with van der Waals surface area (Å²) in [6.45, 7) is 4.26. The topological polar surface area (TPSA) is 43.4 Å². The van der Waals surface area contributed by atoms with Gasteiger partial charge in [-0.25, -0.2) is 8.42 Å². The molecule has 1 saturated heterocycles. The molecule has 0 aromatic heterocycles. The van der Waals surface area contributed by atoms with Crippen LogP contribution in [0.3, 0.4) is 0 Å². The van der Waals surface area contributed by atoms with E-state index in [1.807, 2.05) is 0 Å². The van der Waals surface area contributed by atoms with Crippen LogP contribution in [0.15, 0.2) is 0 Å². The van der Waals surface area contributed by atoms with Gasteiger partial charge in [0, 0.05) is 10.7 Å². The molecule has 1 rings (SSSR count). The van der Waals surface area contributed by atoms with Gasteiger partial charge in [0.15, 0.2) is 0 Å². The Balaban J connectivity index is 1.79. The van der Waals surface area contributed by atoms with E-state index in [1.54, 1.807) is 0 Å². The summed E-state index contributed by atoms with van der Waals surface area (Å²) >= 11 is 3.28. The van der Waals surface area contributed by atoms with Crippen molar-refractivity contribution < 1.29 is 13.2 Å². The summed E-state index contributed by atoms with van der Waals surface area (Å²) in [4.78, 5) is 0. The largest absolute Gasteiger partial charge is 0.380 e. The second-order valence-corrected chi connectivity index (χ2v) is 10.9. The van der Waals surface area contributed by atoms with Crippen LogP contribution < -0.4 is 0 Å². The summed E-state index contributed by atoms with van der Waals surface area (Å²) in [5, 5.41) is 0.778. The van der Waals surface area contributed by atoms with Gasteiger partial charge in [0.2, 0.25) is 0 Å². The van der Waals surface area contributed by atoms with Crippen molar-refractivity contribution in [2.24, 2.45) is 5.41 Å². The highest BCUT2D eigenvalue weighted by Crippen LogP contribution is 2.32. The van der Waals surface area contributed by atoms with Crippen LogP contribution in [0.2, 0.25) is 0 Å². The Hall–Kier alpha value is 0.390. The molecule has 0 bridgehead atoms. The van der Waals surface area contributed by atoms with Crippen LogP contribution in [-0.4, -0.2) is 38.5 Å². The Morgan fingerprint density at radius 2 is 1.25 bits per heavy atom. The lowest BCUT2D eigenvalue weighted by Crippen LogP contribution is -2.39. The second kappa shape index (κ2) is 12.7. The lowest BCUT2D eigenvalue weighted by Gasteiger charge is -2.38. The standard InChI is InChI=1S/C19H37BrO3S/c1-19(17-23-18-19)13-10-8-6-4-2-3-5-7-9-11-15-24(21,22)16-12-14-20/h2-18H2,1H3. The summed E-state index contributed by atoms with van der Waals surface area (Å²) in [6, 6.07) is 0. The molecule has 1 heterocycles. The van der Waals surface area contributed by atoms with Crippen LogP contribution in [0.5, 0.6) is 0 Å². The van der Waals surface area contributed by atoms with Crippen molar-refractivity contribution >= 4 is 25.8 Å². The highest BCUT2D eigenvalue weighted by Gasteiger charge is 2.32. The minimum Gasteiger partial charge on any atom is -0.380 e. The summed E-state index contributed by atoms with van der Waals surface area (Å²) in [5.41, 5.74) is 0.488. The van der Waals surface area contributed by atoms with Gasteiger partial charge in [-0.1, -0.05) is 80.6 Å². The minimum atomic E-state index is -2.80. The Morgan fingerprint density at radius 1 is 0.792 bits per heavy atom. The van der Waals surface area contributed by atoms with Crippen molar-refractivity contribution in [2.45, 2.75) is 84.0 Å². The van der Waals surface area contributed by atoms with Crippen molar-refractivity contribution in [2.75, 3.05) is 30.0 Å². The molecule has 0 aliphatic carbocycles. The Kier molecular flexibility index (Phi) is 11.9. The summed E-state index contributed by atoms with van der Waals surface area (Å²) in [7, 11) is -2.80. The van der Waals surface area contributed by atoms with Crippen molar-refractivity contribution in [1.29, 1.82) is 0 Å². The van der Waals surface area contributed by atoms with E-state index < -0.39 is 9.84 Å². The fraction of sp³-hybridized carbons (Fsp3) is 1.00. The zero-order valence-electron chi connectivity index (χ0n) is 15.5.